The zero-order valence-electron chi connectivity index (χ0n) is 11.9. The summed E-state index contributed by atoms with van der Waals surface area (Å²) in [6.45, 7) is 0. The van der Waals surface area contributed by atoms with Crippen molar-refractivity contribution in [2.45, 2.75) is 44.6 Å². The Hall–Kier alpha value is -0.820. The predicted molar refractivity (Wildman–Crippen MR) is 78.8 cm³/mol. The van der Waals surface area contributed by atoms with Gasteiger partial charge >= 0.3 is 0 Å². The van der Waals surface area contributed by atoms with Crippen LogP contribution in [-0.4, -0.2) is 7.05 Å². The van der Waals surface area contributed by atoms with Gasteiger partial charge in [0.15, 0.2) is 0 Å². The van der Waals surface area contributed by atoms with E-state index in [-0.39, 0.29) is 0 Å². The molecule has 4 aliphatic rings. The maximum Gasteiger partial charge on any atom is 0.0375 e. The molecule has 102 valence electrons. The van der Waals surface area contributed by atoms with E-state index in [0.29, 0.717) is 11.5 Å². The van der Waals surface area contributed by atoms with Crippen LogP contribution in [0.25, 0.3) is 0 Å². The number of nitrogens with one attached hydrogen (secondary N) is 1. The highest BCUT2D eigenvalue weighted by molar-refractivity contribution is 5.23. The molecular weight excluding hydrogens is 230 g/mol. The van der Waals surface area contributed by atoms with E-state index in [1.165, 1.54) is 44.1 Å². The Balaban J connectivity index is 1.70. The number of rotatable bonds is 3. The fourth-order valence-corrected chi connectivity index (χ4v) is 6.00. The summed E-state index contributed by atoms with van der Waals surface area (Å²) in [5.41, 5.74) is 2.07. The number of hydrogen-bond acceptors (Lipinski definition) is 1. The molecule has 0 spiro atoms. The Morgan fingerprint density at radius 1 is 0.947 bits per heavy atom. The van der Waals surface area contributed by atoms with Crippen LogP contribution < -0.4 is 5.32 Å². The van der Waals surface area contributed by atoms with Crippen molar-refractivity contribution >= 4 is 0 Å². The monoisotopic (exact) mass is 255 g/mol. The van der Waals surface area contributed by atoms with Crippen molar-refractivity contribution in [1.29, 1.82) is 0 Å². The molecule has 0 radical (unpaired) electrons. The second-order valence-corrected chi connectivity index (χ2v) is 7.41. The van der Waals surface area contributed by atoms with Crippen LogP contribution in [0, 0.1) is 23.2 Å². The Kier molecular flexibility index (Phi) is 2.73. The average molecular weight is 255 g/mol. The lowest BCUT2D eigenvalue weighted by Gasteiger charge is -2.59. The highest BCUT2D eigenvalue weighted by Crippen LogP contribution is 2.63. The summed E-state index contributed by atoms with van der Waals surface area (Å²) in [5.74, 6) is 3.10. The zero-order valence-corrected chi connectivity index (χ0v) is 11.9. The molecule has 4 bridgehead atoms. The maximum absolute atomic E-state index is 3.68. The third-order valence-electron chi connectivity index (χ3n) is 6.12. The van der Waals surface area contributed by atoms with Gasteiger partial charge in [0, 0.05) is 6.04 Å². The first-order valence-corrected chi connectivity index (χ1v) is 8.01. The SMILES string of the molecule is CNC(c1ccccc1)C12CC3CC(CC(C3)C1)C2. The maximum atomic E-state index is 3.68. The summed E-state index contributed by atoms with van der Waals surface area (Å²) in [6.07, 6.45) is 9.01. The third kappa shape index (κ3) is 1.86. The molecule has 1 unspecified atom stereocenters. The first-order chi connectivity index (χ1) is 9.29. The molecule has 0 amide bonds. The van der Waals surface area contributed by atoms with Gasteiger partial charge < -0.3 is 5.32 Å². The fraction of sp³-hybridized carbons (Fsp3) is 0.667. The molecule has 0 saturated heterocycles. The molecule has 1 atom stereocenters. The standard InChI is InChI=1S/C18H25N/c1-19-17(16-5-3-2-4-6-16)18-10-13-7-14(11-18)9-15(8-13)12-18/h2-6,13-15,17,19H,7-12H2,1H3. The van der Waals surface area contributed by atoms with Crippen LogP contribution in [0.3, 0.4) is 0 Å². The van der Waals surface area contributed by atoms with Crippen molar-refractivity contribution in [1.82, 2.24) is 5.32 Å². The van der Waals surface area contributed by atoms with E-state index in [1.807, 2.05) is 0 Å². The zero-order chi connectivity index (χ0) is 12.9. The molecule has 4 fully saturated rings. The lowest BCUT2D eigenvalue weighted by atomic mass is 9.47. The molecule has 5 rings (SSSR count). The Labute approximate surface area is 116 Å². The van der Waals surface area contributed by atoms with Gasteiger partial charge in [-0.25, -0.2) is 0 Å². The molecule has 4 aliphatic carbocycles. The van der Waals surface area contributed by atoms with Crippen LogP contribution >= 0.6 is 0 Å². The van der Waals surface area contributed by atoms with Crippen LogP contribution in [-0.2, 0) is 0 Å². The fourth-order valence-electron chi connectivity index (χ4n) is 6.00. The van der Waals surface area contributed by atoms with E-state index in [2.05, 4.69) is 42.7 Å². The number of hydrogen-bond donors (Lipinski definition) is 1. The van der Waals surface area contributed by atoms with Crippen LogP contribution in [0.5, 0.6) is 0 Å². The van der Waals surface area contributed by atoms with Crippen molar-refractivity contribution in [2.75, 3.05) is 7.05 Å². The van der Waals surface area contributed by atoms with E-state index in [4.69, 9.17) is 0 Å². The van der Waals surface area contributed by atoms with Crippen LogP contribution in [0.2, 0.25) is 0 Å². The normalized spacial score (nSPS) is 41.4. The van der Waals surface area contributed by atoms with E-state index in [0.717, 1.165) is 17.8 Å². The van der Waals surface area contributed by atoms with E-state index in [1.54, 1.807) is 0 Å². The Bertz CT molecular complexity index is 415. The predicted octanol–water partition coefficient (Wildman–Crippen LogP) is 4.16. The quantitative estimate of drug-likeness (QED) is 0.855. The first kappa shape index (κ1) is 12.0. The highest BCUT2D eigenvalue weighted by Gasteiger charge is 2.54. The van der Waals surface area contributed by atoms with Crippen molar-refractivity contribution in [3.8, 4) is 0 Å². The topological polar surface area (TPSA) is 12.0 Å². The summed E-state index contributed by atoms with van der Waals surface area (Å²) in [6, 6.07) is 11.7. The number of benzene rings is 1. The molecule has 1 N–H and O–H groups in total. The minimum Gasteiger partial charge on any atom is -0.313 e. The summed E-state index contributed by atoms with van der Waals surface area (Å²) >= 11 is 0. The summed E-state index contributed by atoms with van der Waals surface area (Å²) in [4.78, 5) is 0. The molecule has 19 heavy (non-hydrogen) atoms. The van der Waals surface area contributed by atoms with Gasteiger partial charge in [-0.15, -0.1) is 0 Å². The van der Waals surface area contributed by atoms with Crippen LogP contribution in [0.4, 0.5) is 0 Å². The van der Waals surface area contributed by atoms with E-state index in [9.17, 15) is 0 Å². The molecule has 0 aliphatic heterocycles. The van der Waals surface area contributed by atoms with Crippen LogP contribution in [0.15, 0.2) is 30.3 Å². The molecule has 1 heteroatoms. The second kappa shape index (κ2) is 4.34. The van der Waals surface area contributed by atoms with Crippen molar-refractivity contribution in [2.24, 2.45) is 23.2 Å². The van der Waals surface area contributed by atoms with Crippen LogP contribution in [0.1, 0.15) is 50.1 Å². The molecule has 1 aromatic rings. The molecule has 1 aromatic carbocycles. The van der Waals surface area contributed by atoms with Gasteiger partial charge in [-0.1, -0.05) is 30.3 Å². The minimum absolute atomic E-state index is 0.560. The third-order valence-corrected chi connectivity index (χ3v) is 6.12. The minimum atomic E-state index is 0.560. The van der Waals surface area contributed by atoms with Gasteiger partial charge in [-0.05, 0) is 74.3 Å². The van der Waals surface area contributed by atoms with Gasteiger partial charge in [0.1, 0.15) is 0 Å². The first-order valence-electron chi connectivity index (χ1n) is 8.01. The Morgan fingerprint density at radius 3 is 1.95 bits per heavy atom. The smallest absolute Gasteiger partial charge is 0.0375 e. The lowest BCUT2D eigenvalue weighted by Crippen LogP contribution is -2.51. The largest absolute Gasteiger partial charge is 0.313 e. The highest BCUT2D eigenvalue weighted by atomic mass is 14.9. The van der Waals surface area contributed by atoms with Gasteiger partial charge in [0.2, 0.25) is 0 Å². The molecule has 0 aromatic heterocycles. The van der Waals surface area contributed by atoms with Gasteiger partial charge in [-0.3, -0.25) is 0 Å². The molecule has 4 saturated carbocycles. The van der Waals surface area contributed by atoms with Gasteiger partial charge in [0.05, 0.1) is 0 Å². The Morgan fingerprint density at radius 2 is 1.47 bits per heavy atom. The van der Waals surface area contributed by atoms with Crippen molar-refractivity contribution in [3.63, 3.8) is 0 Å². The van der Waals surface area contributed by atoms with E-state index >= 15 is 0 Å². The van der Waals surface area contributed by atoms with Crippen molar-refractivity contribution in [3.05, 3.63) is 35.9 Å². The lowest BCUT2D eigenvalue weighted by molar-refractivity contribution is -0.0736. The second-order valence-electron chi connectivity index (χ2n) is 7.41. The molecule has 1 nitrogen and oxygen atoms in total. The molecule has 0 heterocycles. The van der Waals surface area contributed by atoms with E-state index < -0.39 is 0 Å². The summed E-state index contributed by atoms with van der Waals surface area (Å²) in [7, 11) is 2.16. The van der Waals surface area contributed by atoms with Gasteiger partial charge in [0.25, 0.3) is 0 Å². The average Bonchev–Trinajstić information content (AvgIpc) is 2.38. The summed E-state index contributed by atoms with van der Waals surface area (Å²) in [5, 5.41) is 3.68. The van der Waals surface area contributed by atoms with Gasteiger partial charge in [-0.2, -0.15) is 0 Å². The molecular formula is C18H25N. The summed E-state index contributed by atoms with van der Waals surface area (Å²) < 4.78 is 0. The van der Waals surface area contributed by atoms with Crippen molar-refractivity contribution < 1.29 is 0 Å².